The largest absolute Gasteiger partial charge is 0.390 e. The fraction of sp³-hybridized carbons (Fsp3) is 0.529. The van der Waals surface area contributed by atoms with Crippen LogP contribution in [0.3, 0.4) is 0 Å². The Kier molecular flexibility index (Phi) is 5.65. The van der Waals surface area contributed by atoms with Crippen LogP contribution in [0.15, 0.2) is 30.6 Å². The van der Waals surface area contributed by atoms with Crippen molar-refractivity contribution in [3.8, 4) is 0 Å². The minimum Gasteiger partial charge on any atom is -0.390 e. The van der Waals surface area contributed by atoms with Crippen molar-refractivity contribution in [2.75, 3.05) is 19.6 Å². The van der Waals surface area contributed by atoms with Gasteiger partial charge < -0.3 is 15.3 Å². The summed E-state index contributed by atoms with van der Waals surface area (Å²) in [6, 6.07) is 5.94. The number of carbonyl (C=O) groups is 1. The molecule has 2 N–H and O–H groups in total. The van der Waals surface area contributed by atoms with Gasteiger partial charge in [0, 0.05) is 42.9 Å². The van der Waals surface area contributed by atoms with Gasteiger partial charge >= 0.3 is 0 Å². The Bertz CT molecular complexity index is 647. The van der Waals surface area contributed by atoms with Crippen molar-refractivity contribution in [1.29, 1.82) is 0 Å². The summed E-state index contributed by atoms with van der Waals surface area (Å²) in [5.74, 6) is 0.0327. The van der Waals surface area contributed by atoms with Gasteiger partial charge in [-0.15, -0.1) is 11.3 Å². The molecular weight excluding hydrogens is 324 g/mol. The van der Waals surface area contributed by atoms with E-state index < -0.39 is 6.10 Å². The fourth-order valence-electron chi connectivity index (χ4n) is 3.05. The number of aliphatic hydroxyl groups excluding tert-OH is 1. The highest BCUT2D eigenvalue weighted by Gasteiger charge is 2.23. The number of nitrogens with zero attached hydrogens (tertiary/aromatic N) is 3. The number of hydrogen-bond donors (Lipinski definition) is 2. The summed E-state index contributed by atoms with van der Waals surface area (Å²) in [5, 5.41) is 17.4. The van der Waals surface area contributed by atoms with Gasteiger partial charge in [0.2, 0.25) is 0 Å². The summed E-state index contributed by atoms with van der Waals surface area (Å²) in [7, 11) is 0. The summed E-state index contributed by atoms with van der Waals surface area (Å²) in [4.78, 5) is 16.4. The summed E-state index contributed by atoms with van der Waals surface area (Å²) < 4.78 is 1.75. The maximum Gasteiger partial charge on any atom is 0.261 e. The third kappa shape index (κ3) is 4.66. The van der Waals surface area contributed by atoms with E-state index in [1.54, 1.807) is 10.9 Å². The molecule has 0 unspecified atom stereocenters. The molecule has 6 nitrogen and oxygen atoms in total. The Morgan fingerprint density at radius 2 is 2.21 bits per heavy atom. The van der Waals surface area contributed by atoms with E-state index in [9.17, 15) is 9.90 Å². The lowest BCUT2D eigenvalue weighted by molar-refractivity contribution is 0.0752. The molecule has 1 atom stereocenters. The predicted molar refractivity (Wildman–Crippen MR) is 94.2 cm³/mol. The van der Waals surface area contributed by atoms with Crippen LogP contribution in [0.5, 0.6) is 0 Å². The lowest BCUT2D eigenvalue weighted by atomic mass is 10.0. The average Bonchev–Trinajstić information content (AvgIpc) is 3.21. The van der Waals surface area contributed by atoms with Crippen LogP contribution in [0.2, 0.25) is 0 Å². The summed E-state index contributed by atoms with van der Waals surface area (Å²) in [6.45, 7) is 4.95. The third-order valence-corrected chi connectivity index (χ3v) is 5.31. The Morgan fingerprint density at radius 1 is 1.42 bits per heavy atom. The molecule has 3 heterocycles. The van der Waals surface area contributed by atoms with Crippen LogP contribution in [0.25, 0.3) is 0 Å². The standard InChI is InChI=1S/C17H24N4O2S/c1-13-3-4-16(24-13)17(23)19-14-5-9-20(10-6-14)11-15(22)12-21-8-2-7-18-21/h2-4,7-8,14-15,22H,5-6,9-12H2,1H3,(H,19,23)/t15-/m1/s1. The van der Waals surface area contributed by atoms with Gasteiger partial charge in [-0.25, -0.2) is 0 Å². The summed E-state index contributed by atoms with van der Waals surface area (Å²) in [5.41, 5.74) is 0. The maximum absolute atomic E-state index is 12.2. The van der Waals surface area contributed by atoms with Crippen LogP contribution in [0.4, 0.5) is 0 Å². The van der Waals surface area contributed by atoms with E-state index in [4.69, 9.17) is 0 Å². The molecule has 130 valence electrons. The van der Waals surface area contributed by atoms with Crippen LogP contribution in [0, 0.1) is 6.92 Å². The van der Waals surface area contributed by atoms with E-state index in [0.29, 0.717) is 13.1 Å². The normalized spacial score (nSPS) is 17.8. The summed E-state index contributed by atoms with van der Waals surface area (Å²) >= 11 is 1.53. The first-order chi connectivity index (χ1) is 11.6. The second-order valence-electron chi connectivity index (χ2n) is 6.34. The second kappa shape index (κ2) is 7.92. The highest BCUT2D eigenvalue weighted by molar-refractivity contribution is 7.13. The molecule has 1 fully saturated rings. The fourth-order valence-corrected chi connectivity index (χ4v) is 3.82. The molecular formula is C17H24N4O2S. The predicted octanol–water partition coefficient (Wildman–Crippen LogP) is 1.51. The number of rotatable bonds is 6. The molecule has 0 saturated carbocycles. The van der Waals surface area contributed by atoms with Gasteiger partial charge in [0.1, 0.15) is 0 Å². The number of carbonyl (C=O) groups excluding carboxylic acids is 1. The topological polar surface area (TPSA) is 70.4 Å². The van der Waals surface area contributed by atoms with Gasteiger partial charge in [-0.05, 0) is 38.0 Å². The molecule has 0 aliphatic carbocycles. The van der Waals surface area contributed by atoms with Crippen molar-refractivity contribution < 1.29 is 9.90 Å². The van der Waals surface area contributed by atoms with Crippen LogP contribution in [-0.2, 0) is 6.54 Å². The molecule has 7 heteroatoms. The molecule has 0 aromatic carbocycles. The molecule has 24 heavy (non-hydrogen) atoms. The number of likely N-dealkylation sites (tertiary alicyclic amines) is 1. The highest BCUT2D eigenvalue weighted by atomic mass is 32.1. The second-order valence-corrected chi connectivity index (χ2v) is 7.63. The smallest absolute Gasteiger partial charge is 0.261 e. The van der Waals surface area contributed by atoms with Crippen molar-refractivity contribution in [3.05, 3.63) is 40.3 Å². The zero-order valence-electron chi connectivity index (χ0n) is 13.9. The zero-order valence-corrected chi connectivity index (χ0v) is 14.7. The highest BCUT2D eigenvalue weighted by Crippen LogP contribution is 2.17. The minimum absolute atomic E-state index is 0.0327. The first kappa shape index (κ1) is 17.1. The molecule has 1 aliphatic rings. The Hall–Kier alpha value is -1.70. The molecule has 2 aromatic rings. The monoisotopic (exact) mass is 348 g/mol. The maximum atomic E-state index is 12.2. The Balaban J connectivity index is 1.40. The zero-order chi connectivity index (χ0) is 16.9. The molecule has 3 rings (SSSR count). The van der Waals surface area contributed by atoms with Gasteiger partial charge in [-0.3, -0.25) is 9.48 Å². The van der Waals surface area contributed by atoms with Crippen LogP contribution < -0.4 is 5.32 Å². The molecule has 1 saturated heterocycles. The van der Waals surface area contributed by atoms with E-state index in [1.165, 1.54) is 11.3 Å². The van der Waals surface area contributed by atoms with Gasteiger partial charge in [-0.2, -0.15) is 5.10 Å². The lowest BCUT2D eigenvalue weighted by Gasteiger charge is -2.33. The van der Waals surface area contributed by atoms with E-state index in [2.05, 4.69) is 15.3 Å². The van der Waals surface area contributed by atoms with E-state index >= 15 is 0 Å². The van der Waals surface area contributed by atoms with Crippen molar-refractivity contribution in [2.45, 2.75) is 38.5 Å². The number of piperidine rings is 1. The quantitative estimate of drug-likeness (QED) is 0.830. The van der Waals surface area contributed by atoms with Crippen molar-refractivity contribution in [2.24, 2.45) is 0 Å². The molecule has 1 amide bonds. The number of thiophene rings is 1. The number of aromatic nitrogens is 2. The van der Waals surface area contributed by atoms with Crippen molar-refractivity contribution in [1.82, 2.24) is 20.0 Å². The SMILES string of the molecule is Cc1ccc(C(=O)NC2CCN(C[C@@H](O)Cn3cccn3)CC2)s1. The average molecular weight is 348 g/mol. The lowest BCUT2D eigenvalue weighted by Crippen LogP contribution is -2.46. The third-order valence-electron chi connectivity index (χ3n) is 4.31. The Morgan fingerprint density at radius 3 is 2.83 bits per heavy atom. The number of β-amino-alcohol motifs (C(OH)–C–C–N with tert-alkyl or cyclic N) is 1. The van der Waals surface area contributed by atoms with Crippen LogP contribution in [-0.4, -0.2) is 57.5 Å². The minimum atomic E-state index is -0.426. The van der Waals surface area contributed by atoms with E-state index in [-0.39, 0.29) is 11.9 Å². The molecule has 1 aliphatic heterocycles. The first-order valence-corrected chi connectivity index (χ1v) is 9.17. The molecule has 0 spiro atoms. The van der Waals surface area contributed by atoms with E-state index in [0.717, 1.165) is 35.7 Å². The van der Waals surface area contributed by atoms with Crippen molar-refractivity contribution >= 4 is 17.2 Å². The van der Waals surface area contributed by atoms with Crippen molar-refractivity contribution in [3.63, 3.8) is 0 Å². The van der Waals surface area contributed by atoms with Gasteiger partial charge in [0.25, 0.3) is 5.91 Å². The van der Waals surface area contributed by atoms with Gasteiger partial charge in [0.05, 0.1) is 17.5 Å². The van der Waals surface area contributed by atoms with Crippen LogP contribution in [0.1, 0.15) is 27.4 Å². The number of nitrogens with one attached hydrogen (secondary N) is 1. The number of aryl methyl sites for hydroxylation is 1. The van der Waals surface area contributed by atoms with Crippen LogP contribution >= 0.6 is 11.3 Å². The molecule has 0 radical (unpaired) electrons. The summed E-state index contributed by atoms with van der Waals surface area (Å²) in [6.07, 6.45) is 4.99. The first-order valence-electron chi connectivity index (χ1n) is 8.35. The van der Waals surface area contributed by atoms with Gasteiger partial charge in [0.15, 0.2) is 0 Å². The molecule has 0 bridgehead atoms. The number of aliphatic hydroxyl groups is 1. The number of hydrogen-bond acceptors (Lipinski definition) is 5. The molecule has 2 aromatic heterocycles. The van der Waals surface area contributed by atoms with E-state index in [1.807, 2.05) is 31.3 Å². The number of amides is 1. The Labute approximate surface area is 146 Å². The van der Waals surface area contributed by atoms with Gasteiger partial charge in [-0.1, -0.05) is 0 Å².